The van der Waals surface area contributed by atoms with Crippen molar-refractivity contribution in [2.45, 2.75) is 25.8 Å². The van der Waals surface area contributed by atoms with E-state index in [1.807, 2.05) is 11.0 Å². The van der Waals surface area contributed by atoms with Gasteiger partial charge in [-0.3, -0.25) is 4.79 Å². The first-order chi connectivity index (χ1) is 11.2. The van der Waals surface area contributed by atoms with Gasteiger partial charge in [0.15, 0.2) is 0 Å². The Kier molecular flexibility index (Phi) is 5.03. The van der Waals surface area contributed by atoms with E-state index in [2.05, 4.69) is 17.2 Å². The Hall–Kier alpha value is -1.79. The molecule has 0 bridgehead atoms. The summed E-state index contributed by atoms with van der Waals surface area (Å²) in [5.74, 6) is -0.288. The molecule has 0 radical (unpaired) electrons. The van der Waals surface area contributed by atoms with Gasteiger partial charge in [-0.25, -0.2) is 9.37 Å². The Labute approximate surface area is 139 Å². The number of nitrogens with one attached hydrogen (secondary N) is 1. The highest BCUT2D eigenvalue weighted by Gasteiger charge is 2.29. The summed E-state index contributed by atoms with van der Waals surface area (Å²) in [7, 11) is 0. The first-order valence-electron chi connectivity index (χ1n) is 7.91. The van der Waals surface area contributed by atoms with Crippen molar-refractivity contribution in [1.82, 2.24) is 15.2 Å². The smallest absolute Gasteiger partial charge is 0.266 e. The fraction of sp³-hybridized carbons (Fsp3) is 0.412. The summed E-state index contributed by atoms with van der Waals surface area (Å²) in [5.41, 5.74) is 0.823. The number of amides is 1. The van der Waals surface area contributed by atoms with Crippen LogP contribution in [0, 0.1) is 5.82 Å². The van der Waals surface area contributed by atoms with Crippen molar-refractivity contribution >= 4 is 17.2 Å². The summed E-state index contributed by atoms with van der Waals surface area (Å²) < 4.78 is 13.5. The van der Waals surface area contributed by atoms with E-state index >= 15 is 0 Å². The van der Waals surface area contributed by atoms with Crippen molar-refractivity contribution in [3.05, 3.63) is 51.7 Å². The number of piperazine rings is 1. The second-order valence-corrected chi connectivity index (χ2v) is 6.76. The van der Waals surface area contributed by atoms with Gasteiger partial charge in [-0.1, -0.05) is 19.1 Å². The van der Waals surface area contributed by atoms with Crippen LogP contribution in [-0.2, 0) is 6.42 Å². The molecule has 1 amide bonds. The Morgan fingerprint density at radius 2 is 2.39 bits per heavy atom. The second kappa shape index (κ2) is 7.19. The number of carbonyl (C=O) groups excluding carboxylic acids is 1. The molecule has 23 heavy (non-hydrogen) atoms. The molecule has 0 spiro atoms. The monoisotopic (exact) mass is 333 g/mol. The molecule has 0 saturated carbocycles. The number of thiazole rings is 1. The average molecular weight is 333 g/mol. The van der Waals surface area contributed by atoms with Gasteiger partial charge in [-0.2, -0.15) is 0 Å². The normalized spacial score (nSPS) is 18.2. The van der Waals surface area contributed by atoms with Crippen molar-refractivity contribution in [2.75, 3.05) is 19.6 Å². The van der Waals surface area contributed by atoms with E-state index in [0.29, 0.717) is 18.0 Å². The van der Waals surface area contributed by atoms with Gasteiger partial charge in [0.25, 0.3) is 5.91 Å². The lowest BCUT2D eigenvalue weighted by Gasteiger charge is -2.36. The Morgan fingerprint density at radius 1 is 1.52 bits per heavy atom. The Morgan fingerprint density at radius 3 is 3.17 bits per heavy atom. The molecule has 1 aromatic heterocycles. The first kappa shape index (κ1) is 16.1. The number of hydrogen-bond donors (Lipinski definition) is 1. The zero-order chi connectivity index (χ0) is 16.2. The predicted octanol–water partition coefficient (Wildman–Crippen LogP) is 3.02. The number of benzene rings is 1. The topological polar surface area (TPSA) is 45.2 Å². The third-order valence-corrected chi connectivity index (χ3v) is 5.01. The maximum Gasteiger partial charge on any atom is 0.266 e. The Balaban J connectivity index is 1.84. The molecular formula is C17H20FN3OS. The van der Waals surface area contributed by atoms with Crippen molar-refractivity contribution in [3.63, 3.8) is 0 Å². The Bertz CT molecular complexity index is 688. The largest absolute Gasteiger partial charge is 0.328 e. The number of rotatable bonds is 4. The maximum absolute atomic E-state index is 13.5. The molecular weight excluding hydrogens is 313 g/mol. The predicted molar refractivity (Wildman–Crippen MR) is 89.2 cm³/mol. The number of aryl methyl sites for hydroxylation is 1. The van der Waals surface area contributed by atoms with Gasteiger partial charge in [0.05, 0.1) is 17.2 Å². The number of halogens is 1. The van der Waals surface area contributed by atoms with Gasteiger partial charge < -0.3 is 10.2 Å². The summed E-state index contributed by atoms with van der Waals surface area (Å²) in [5, 5.41) is 4.28. The molecule has 2 aromatic rings. The van der Waals surface area contributed by atoms with E-state index in [4.69, 9.17) is 0 Å². The van der Waals surface area contributed by atoms with E-state index in [9.17, 15) is 9.18 Å². The molecule has 1 N–H and O–H groups in total. The molecule has 3 rings (SSSR count). The molecule has 122 valence electrons. The van der Waals surface area contributed by atoms with Gasteiger partial charge in [0, 0.05) is 19.6 Å². The molecule has 1 aliphatic rings. The van der Waals surface area contributed by atoms with Crippen LogP contribution in [0.15, 0.2) is 30.5 Å². The highest BCUT2D eigenvalue weighted by molar-refractivity contribution is 7.13. The van der Waals surface area contributed by atoms with E-state index in [0.717, 1.165) is 30.0 Å². The molecule has 1 fully saturated rings. The van der Waals surface area contributed by atoms with E-state index in [1.54, 1.807) is 12.3 Å². The lowest BCUT2D eigenvalue weighted by atomic mass is 10.0. The van der Waals surface area contributed by atoms with Crippen molar-refractivity contribution in [3.8, 4) is 0 Å². The first-order valence-corrected chi connectivity index (χ1v) is 8.72. The number of aromatic nitrogens is 1. The molecule has 4 nitrogen and oxygen atoms in total. The quantitative estimate of drug-likeness (QED) is 0.935. The van der Waals surface area contributed by atoms with Crippen LogP contribution in [0.5, 0.6) is 0 Å². The van der Waals surface area contributed by atoms with Gasteiger partial charge in [-0.15, -0.1) is 11.3 Å². The van der Waals surface area contributed by atoms with Crippen LogP contribution < -0.4 is 5.32 Å². The molecule has 2 heterocycles. The molecule has 1 unspecified atom stereocenters. The minimum absolute atomic E-state index is 0.0133. The summed E-state index contributed by atoms with van der Waals surface area (Å²) in [6.07, 6.45) is 3.58. The SMILES string of the molecule is CCCc1ncc(C(=O)N2CCNCC2c2cccc(F)c2)s1. The molecule has 0 aliphatic carbocycles. The van der Waals surface area contributed by atoms with Crippen LogP contribution in [0.3, 0.4) is 0 Å². The van der Waals surface area contributed by atoms with E-state index in [1.165, 1.54) is 23.5 Å². The van der Waals surface area contributed by atoms with Crippen LogP contribution in [0.2, 0.25) is 0 Å². The number of hydrogen-bond acceptors (Lipinski definition) is 4. The van der Waals surface area contributed by atoms with Crippen LogP contribution in [0.1, 0.15) is 39.6 Å². The standard InChI is InChI=1S/C17H20FN3OS/c1-2-4-16-20-11-15(23-16)17(22)21-8-7-19-10-14(21)12-5-3-6-13(18)9-12/h3,5-6,9,11,14,19H,2,4,7-8,10H2,1H3. The minimum atomic E-state index is -0.275. The summed E-state index contributed by atoms with van der Waals surface area (Å²) in [6, 6.07) is 6.34. The van der Waals surface area contributed by atoms with Crippen LogP contribution in [-0.4, -0.2) is 35.4 Å². The summed E-state index contributed by atoms with van der Waals surface area (Å²) >= 11 is 1.46. The number of carbonyl (C=O) groups is 1. The fourth-order valence-corrected chi connectivity index (χ4v) is 3.81. The van der Waals surface area contributed by atoms with Crippen LogP contribution in [0.4, 0.5) is 4.39 Å². The van der Waals surface area contributed by atoms with E-state index < -0.39 is 0 Å². The average Bonchev–Trinajstić information content (AvgIpc) is 3.03. The molecule has 1 aromatic carbocycles. The third-order valence-electron chi connectivity index (χ3n) is 3.97. The van der Waals surface area contributed by atoms with Crippen LogP contribution in [0.25, 0.3) is 0 Å². The third kappa shape index (κ3) is 3.59. The van der Waals surface area contributed by atoms with Crippen LogP contribution >= 0.6 is 11.3 Å². The lowest BCUT2D eigenvalue weighted by molar-refractivity contribution is 0.0638. The van der Waals surface area contributed by atoms with Gasteiger partial charge >= 0.3 is 0 Å². The highest BCUT2D eigenvalue weighted by Crippen LogP contribution is 2.26. The van der Waals surface area contributed by atoms with Gasteiger partial charge in [-0.05, 0) is 30.5 Å². The molecule has 1 atom stereocenters. The van der Waals surface area contributed by atoms with Gasteiger partial charge in [0.2, 0.25) is 0 Å². The summed E-state index contributed by atoms with van der Waals surface area (Å²) in [4.78, 5) is 19.7. The van der Waals surface area contributed by atoms with Crippen molar-refractivity contribution in [1.29, 1.82) is 0 Å². The lowest BCUT2D eigenvalue weighted by Crippen LogP contribution is -2.48. The molecule has 1 saturated heterocycles. The maximum atomic E-state index is 13.5. The molecule has 6 heteroatoms. The molecule has 1 aliphatic heterocycles. The number of nitrogens with zero attached hydrogens (tertiary/aromatic N) is 2. The van der Waals surface area contributed by atoms with E-state index in [-0.39, 0.29) is 17.8 Å². The summed E-state index contributed by atoms with van der Waals surface area (Å²) in [6.45, 7) is 4.09. The van der Waals surface area contributed by atoms with Crippen molar-refractivity contribution < 1.29 is 9.18 Å². The zero-order valence-electron chi connectivity index (χ0n) is 13.1. The van der Waals surface area contributed by atoms with Gasteiger partial charge in [0.1, 0.15) is 10.7 Å². The zero-order valence-corrected chi connectivity index (χ0v) is 13.9. The second-order valence-electron chi connectivity index (χ2n) is 5.64. The highest BCUT2D eigenvalue weighted by atomic mass is 32.1. The van der Waals surface area contributed by atoms with Crippen molar-refractivity contribution in [2.24, 2.45) is 0 Å². The fourth-order valence-electron chi connectivity index (χ4n) is 2.84. The minimum Gasteiger partial charge on any atom is -0.328 e.